The number of nitrogens with two attached hydrogens (primary N) is 1. The van der Waals surface area contributed by atoms with Gasteiger partial charge < -0.3 is 10.6 Å². The van der Waals surface area contributed by atoms with Crippen molar-refractivity contribution in [2.75, 3.05) is 26.2 Å². The van der Waals surface area contributed by atoms with Gasteiger partial charge in [-0.15, -0.1) is 0 Å². The van der Waals surface area contributed by atoms with Gasteiger partial charge in [0.15, 0.2) is 0 Å². The highest BCUT2D eigenvalue weighted by molar-refractivity contribution is 5.83. The normalized spacial score (nSPS) is 14.9. The predicted octanol–water partition coefficient (Wildman–Crippen LogP) is 4.92. The van der Waals surface area contributed by atoms with Crippen molar-refractivity contribution in [1.29, 1.82) is 0 Å². The zero-order valence-electron chi connectivity index (χ0n) is 15.4. The van der Waals surface area contributed by atoms with Crippen LogP contribution in [-0.2, 0) is 0 Å². The molecule has 0 aromatic carbocycles. The summed E-state index contributed by atoms with van der Waals surface area (Å²) in [5, 5.41) is 0. The fourth-order valence-corrected chi connectivity index (χ4v) is 3.16. The van der Waals surface area contributed by atoms with Crippen molar-refractivity contribution in [3.8, 4) is 0 Å². The zero-order chi connectivity index (χ0) is 16.6. The monoisotopic (exact) mass is 321 g/mol. The average molecular weight is 322 g/mol. The SMILES string of the molecule is CCCCCC/C=C/CCCCCCCC1=NCCN1CCN. The maximum Gasteiger partial charge on any atom is 0.0990 e. The summed E-state index contributed by atoms with van der Waals surface area (Å²) in [7, 11) is 0. The predicted molar refractivity (Wildman–Crippen MR) is 103 cm³/mol. The Labute approximate surface area is 144 Å². The highest BCUT2D eigenvalue weighted by Crippen LogP contribution is 2.12. The van der Waals surface area contributed by atoms with Gasteiger partial charge in [-0.2, -0.15) is 0 Å². The number of hydrogen-bond donors (Lipinski definition) is 1. The Morgan fingerprint density at radius 1 is 0.957 bits per heavy atom. The molecule has 0 bridgehead atoms. The molecule has 0 fully saturated rings. The second kappa shape index (κ2) is 14.7. The van der Waals surface area contributed by atoms with Gasteiger partial charge in [-0.25, -0.2) is 0 Å². The molecule has 1 aliphatic heterocycles. The van der Waals surface area contributed by atoms with Crippen molar-refractivity contribution in [2.45, 2.75) is 84.0 Å². The minimum atomic E-state index is 0.741. The van der Waals surface area contributed by atoms with Crippen LogP contribution < -0.4 is 5.73 Å². The molecule has 23 heavy (non-hydrogen) atoms. The van der Waals surface area contributed by atoms with Crippen LogP contribution in [0, 0.1) is 0 Å². The summed E-state index contributed by atoms with van der Waals surface area (Å²) in [6.45, 7) is 6.04. The Kier molecular flexibility index (Phi) is 13.0. The molecule has 0 aromatic rings. The number of allylic oxidation sites excluding steroid dienone is 2. The Morgan fingerprint density at radius 3 is 2.30 bits per heavy atom. The quantitative estimate of drug-likeness (QED) is 0.344. The molecule has 0 amide bonds. The summed E-state index contributed by atoms with van der Waals surface area (Å²) in [5.41, 5.74) is 5.64. The van der Waals surface area contributed by atoms with Crippen LogP contribution in [0.4, 0.5) is 0 Å². The van der Waals surface area contributed by atoms with Crippen LogP contribution in [0.2, 0.25) is 0 Å². The molecule has 0 aliphatic carbocycles. The van der Waals surface area contributed by atoms with E-state index >= 15 is 0 Å². The van der Waals surface area contributed by atoms with Crippen LogP contribution in [0.1, 0.15) is 84.0 Å². The van der Waals surface area contributed by atoms with Crippen LogP contribution in [0.15, 0.2) is 17.1 Å². The molecular formula is C20H39N3. The Balaban J connectivity index is 1.85. The molecule has 1 heterocycles. The second-order valence-electron chi connectivity index (χ2n) is 6.70. The van der Waals surface area contributed by atoms with Gasteiger partial charge in [0.1, 0.15) is 0 Å². The number of hydrogen-bond acceptors (Lipinski definition) is 3. The third-order valence-corrected chi connectivity index (χ3v) is 4.59. The Morgan fingerprint density at radius 2 is 1.61 bits per heavy atom. The summed E-state index contributed by atoms with van der Waals surface area (Å²) in [6, 6.07) is 0. The highest BCUT2D eigenvalue weighted by Gasteiger charge is 2.14. The van der Waals surface area contributed by atoms with Crippen LogP contribution in [-0.4, -0.2) is 36.9 Å². The van der Waals surface area contributed by atoms with Gasteiger partial charge in [0, 0.05) is 26.1 Å². The highest BCUT2D eigenvalue weighted by atomic mass is 15.2. The molecule has 1 aliphatic rings. The van der Waals surface area contributed by atoms with Crippen LogP contribution in [0.25, 0.3) is 0 Å². The van der Waals surface area contributed by atoms with Gasteiger partial charge in [0.25, 0.3) is 0 Å². The first-order chi connectivity index (χ1) is 11.4. The lowest BCUT2D eigenvalue weighted by Gasteiger charge is -2.19. The van der Waals surface area contributed by atoms with Crippen LogP contribution >= 0.6 is 0 Å². The molecule has 134 valence electrons. The van der Waals surface area contributed by atoms with Gasteiger partial charge in [0.2, 0.25) is 0 Å². The molecule has 3 nitrogen and oxygen atoms in total. The van der Waals surface area contributed by atoms with E-state index in [0.29, 0.717) is 0 Å². The molecule has 1 rings (SSSR count). The molecule has 0 saturated carbocycles. The molecule has 3 heteroatoms. The lowest BCUT2D eigenvalue weighted by molar-refractivity contribution is 0.456. The van der Waals surface area contributed by atoms with E-state index in [1.165, 1.54) is 76.5 Å². The van der Waals surface area contributed by atoms with E-state index in [2.05, 4.69) is 29.0 Å². The first-order valence-electron chi connectivity index (χ1n) is 10.0. The number of aliphatic imine (C=N–C) groups is 1. The minimum Gasteiger partial charge on any atom is -0.357 e. The van der Waals surface area contributed by atoms with Gasteiger partial charge in [0.05, 0.1) is 12.4 Å². The van der Waals surface area contributed by atoms with Crippen LogP contribution in [0.3, 0.4) is 0 Å². The van der Waals surface area contributed by atoms with Crippen LogP contribution in [0.5, 0.6) is 0 Å². The fourth-order valence-electron chi connectivity index (χ4n) is 3.16. The Hall–Kier alpha value is -0.830. The first kappa shape index (κ1) is 20.2. The fraction of sp³-hybridized carbons (Fsp3) is 0.850. The summed E-state index contributed by atoms with van der Waals surface area (Å²) < 4.78 is 0. The van der Waals surface area contributed by atoms with Gasteiger partial charge in [-0.1, -0.05) is 57.6 Å². The van der Waals surface area contributed by atoms with E-state index in [9.17, 15) is 0 Å². The minimum absolute atomic E-state index is 0.741. The topological polar surface area (TPSA) is 41.6 Å². The molecule has 0 aromatic heterocycles. The Bertz CT molecular complexity index is 323. The van der Waals surface area contributed by atoms with Gasteiger partial charge >= 0.3 is 0 Å². The second-order valence-corrected chi connectivity index (χ2v) is 6.70. The van der Waals surface area contributed by atoms with Crippen molar-refractivity contribution in [3.63, 3.8) is 0 Å². The van der Waals surface area contributed by atoms with E-state index in [4.69, 9.17) is 5.73 Å². The van der Waals surface area contributed by atoms with Gasteiger partial charge in [-0.3, -0.25) is 4.99 Å². The maximum absolute atomic E-state index is 5.64. The van der Waals surface area contributed by atoms with E-state index in [0.717, 1.165) is 32.6 Å². The van der Waals surface area contributed by atoms with Crippen molar-refractivity contribution in [1.82, 2.24) is 4.90 Å². The summed E-state index contributed by atoms with van der Waals surface area (Å²) in [6.07, 6.45) is 20.7. The van der Waals surface area contributed by atoms with E-state index in [-0.39, 0.29) is 0 Å². The van der Waals surface area contributed by atoms with E-state index in [1.807, 2.05) is 0 Å². The summed E-state index contributed by atoms with van der Waals surface area (Å²) in [4.78, 5) is 6.97. The third-order valence-electron chi connectivity index (χ3n) is 4.59. The summed E-state index contributed by atoms with van der Waals surface area (Å²) >= 11 is 0. The molecule has 0 unspecified atom stereocenters. The molecule has 0 spiro atoms. The summed E-state index contributed by atoms with van der Waals surface area (Å²) in [5.74, 6) is 1.31. The van der Waals surface area contributed by atoms with E-state index in [1.54, 1.807) is 0 Å². The smallest absolute Gasteiger partial charge is 0.0990 e. The number of rotatable bonds is 15. The molecule has 0 saturated heterocycles. The number of nitrogens with zero attached hydrogens (tertiary/aromatic N) is 2. The lowest BCUT2D eigenvalue weighted by Crippen LogP contribution is -2.32. The lowest BCUT2D eigenvalue weighted by atomic mass is 10.1. The number of amidine groups is 1. The largest absolute Gasteiger partial charge is 0.357 e. The molecule has 0 atom stereocenters. The number of unbranched alkanes of at least 4 members (excludes halogenated alkanes) is 9. The molecular weight excluding hydrogens is 282 g/mol. The van der Waals surface area contributed by atoms with Crippen molar-refractivity contribution >= 4 is 5.84 Å². The van der Waals surface area contributed by atoms with Crippen molar-refractivity contribution in [2.24, 2.45) is 10.7 Å². The zero-order valence-corrected chi connectivity index (χ0v) is 15.4. The average Bonchev–Trinajstić information content (AvgIpc) is 2.99. The van der Waals surface area contributed by atoms with Crippen molar-refractivity contribution < 1.29 is 0 Å². The molecule has 2 N–H and O–H groups in total. The third kappa shape index (κ3) is 10.5. The molecule has 0 radical (unpaired) electrons. The van der Waals surface area contributed by atoms with Crippen molar-refractivity contribution in [3.05, 3.63) is 12.2 Å². The maximum atomic E-state index is 5.64. The van der Waals surface area contributed by atoms with Gasteiger partial charge in [-0.05, 0) is 32.1 Å². The standard InChI is InChI=1S/C20H39N3/c1-2-3-4-5-6-7-8-9-10-11-12-13-14-15-20-22-17-19-23(20)18-16-21/h7-8H,2-6,9-19,21H2,1H3/b8-7+. The first-order valence-corrected chi connectivity index (χ1v) is 10.0. The van der Waals surface area contributed by atoms with E-state index < -0.39 is 0 Å².